The zero-order chi connectivity index (χ0) is 37.8. The molecule has 12 nitrogen and oxygen atoms in total. The first-order valence-corrected chi connectivity index (χ1v) is 17.8. The molecule has 2 unspecified atom stereocenters. The molecule has 2 saturated heterocycles. The standard InChI is InChI=1S/C40H44O12/c1-19-11-12-21-20(17-19)26(41)24-22(46-10)18-23-25(27(24)47-21)28(48-32(44)39-15-13-37(8,30(42)51-39)35(39,4)5)29(34(2,3)50-23)49-33(45)40-16-14-38(9,31(43)52-40)36(40,6)7/h11-12,17-18,28-29H,13-16H2,1-10H3/t28-,29-,37?,38?,39-,40-/m1/s1. The average molecular weight is 717 g/mol. The van der Waals surface area contributed by atoms with Gasteiger partial charge in [-0.15, -0.1) is 0 Å². The molecule has 3 aliphatic heterocycles. The molecule has 1 aromatic heterocycles. The van der Waals surface area contributed by atoms with Crippen LogP contribution in [0.2, 0.25) is 0 Å². The van der Waals surface area contributed by atoms with Crippen molar-refractivity contribution < 1.29 is 52.0 Å². The SMILES string of the molecule is COc1cc2c(c3oc4ccc(C)cc4c(=O)c13)[C@@H](OC(=O)[C@@]13CCC(C)(C(=O)O1)C3(C)C)[C@@H](OC(=O)[C@@]13CCC(C)(C(=O)O1)C3(C)C)C(C)(C)O2. The number of rotatable bonds is 5. The quantitative estimate of drug-likeness (QED) is 0.168. The maximum Gasteiger partial charge on any atom is 0.351 e. The summed E-state index contributed by atoms with van der Waals surface area (Å²) in [6.07, 6.45) is -1.53. The van der Waals surface area contributed by atoms with E-state index in [1.165, 1.54) is 13.2 Å². The highest BCUT2D eigenvalue weighted by molar-refractivity contribution is 5.98. The molecule has 3 aromatic rings. The Morgan fingerprint density at radius 1 is 0.750 bits per heavy atom. The summed E-state index contributed by atoms with van der Waals surface area (Å²) in [5.41, 5.74) is -7.49. The third-order valence-corrected chi connectivity index (χ3v) is 14.2. The molecule has 0 amide bonds. The normalized spacial score (nSPS) is 34.4. The van der Waals surface area contributed by atoms with E-state index in [-0.39, 0.29) is 51.9 Å². The smallest absolute Gasteiger partial charge is 0.351 e. The van der Waals surface area contributed by atoms with Crippen LogP contribution in [0, 0.1) is 28.6 Å². The van der Waals surface area contributed by atoms with E-state index in [2.05, 4.69) is 0 Å². The lowest BCUT2D eigenvalue weighted by Crippen LogP contribution is -2.57. The minimum Gasteiger partial charge on any atom is -0.496 e. The van der Waals surface area contributed by atoms with E-state index in [0.717, 1.165) is 5.56 Å². The van der Waals surface area contributed by atoms with Crippen LogP contribution in [0.3, 0.4) is 0 Å². The number of hydrogen-bond donors (Lipinski definition) is 0. The Morgan fingerprint density at radius 2 is 1.31 bits per heavy atom. The summed E-state index contributed by atoms with van der Waals surface area (Å²) >= 11 is 0. The summed E-state index contributed by atoms with van der Waals surface area (Å²) in [6, 6.07) is 6.73. The molecule has 52 heavy (non-hydrogen) atoms. The predicted octanol–water partition coefficient (Wildman–Crippen LogP) is 6.17. The average Bonchev–Trinajstić information content (AvgIpc) is 3.53. The summed E-state index contributed by atoms with van der Waals surface area (Å²) in [7, 11) is 1.42. The van der Waals surface area contributed by atoms with Gasteiger partial charge in [0.1, 0.15) is 28.1 Å². The molecule has 0 spiro atoms. The fraction of sp³-hybridized carbons (Fsp3) is 0.575. The topological polar surface area (TPSA) is 154 Å². The van der Waals surface area contributed by atoms with Crippen molar-refractivity contribution in [3.05, 3.63) is 45.6 Å². The number of aryl methyl sites for hydroxylation is 1. The molecule has 2 aliphatic carbocycles. The fourth-order valence-electron chi connectivity index (χ4n) is 9.63. The van der Waals surface area contributed by atoms with E-state index >= 15 is 0 Å². The Bertz CT molecular complexity index is 2230. The van der Waals surface area contributed by atoms with Crippen LogP contribution in [0.4, 0.5) is 0 Å². The van der Waals surface area contributed by atoms with Gasteiger partial charge in [-0.1, -0.05) is 39.3 Å². The van der Waals surface area contributed by atoms with Gasteiger partial charge in [0.2, 0.25) is 16.6 Å². The number of benzene rings is 2. The first-order valence-electron chi connectivity index (χ1n) is 17.8. The molecule has 5 aliphatic rings. The number of carbonyl (C=O) groups excluding carboxylic acids is 4. The zero-order valence-corrected chi connectivity index (χ0v) is 31.2. The molecule has 8 rings (SSSR count). The largest absolute Gasteiger partial charge is 0.496 e. The Kier molecular flexibility index (Phi) is 6.68. The van der Waals surface area contributed by atoms with Gasteiger partial charge in [-0.2, -0.15) is 0 Å². The minimum atomic E-state index is -1.64. The van der Waals surface area contributed by atoms with Crippen molar-refractivity contribution in [2.24, 2.45) is 21.7 Å². The van der Waals surface area contributed by atoms with Gasteiger partial charge in [0, 0.05) is 16.9 Å². The molecule has 0 radical (unpaired) electrons. The number of methoxy groups -OCH3 is 1. The molecule has 2 aromatic carbocycles. The van der Waals surface area contributed by atoms with Crippen molar-refractivity contribution in [2.75, 3.05) is 7.11 Å². The van der Waals surface area contributed by atoms with Crippen LogP contribution in [-0.4, -0.2) is 53.9 Å². The number of ether oxygens (including phenoxy) is 6. The van der Waals surface area contributed by atoms with Gasteiger partial charge < -0.3 is 32.8 Å². The highest BCUT2D eigenvalue weighted by Crippen LogP contribution is 2.68. The predicted molar refractivity (Wildman–Crippen MR) is 185 cm³/mol. The van der Waals surface area contributed by atoms with Gasteiger partial charge in [-0.25, -0.2) is 9.59 Å². The number of esters is 4. The lowest BCUT2D eigenvalue weighted by molar-refractivity contribution is -0.217. The lowest BCUT2D eigenvalue weighted by atomic mass is 9.66. The monoisotopic (exact) mass is 716 g/mol. The van der Waals surface area contributed by atoms with E-state index < -0.39 is 74.5 Å². The second-order valence-electron chi connectivity index (χ2n) is 17.3. The summed E-state index contributed by atoms with van der Waals surface area (Å²) in [5.74, 6) is -2.27. The van der Waals surface area contributed by atoms with Crippen molar-refractivity contribution in [1.82, 2.24) is 0 Å². The van der Waals surface area contributed by atoms with Crippen molar-refractivity contribution in [3.63, 3.8) is 0 Å². The van der Waals surface area contributed by atoms with Crippen molar-refractivity contribution in [3.8, 4) is 11.5 Å². The molecule has 12 heteroatoms. The summed E-state index contributed by atoms with van der Waals surface area (Å²) in [4.78, 5) is 69.9. The van der Waals surface area contributed by atoms with E-state index in [0.29, 0.717) is 18.2 Å². The first-order chi connectivity index (χ1) is 24.1. The van der Waals surface area contributed by atoms with Crippen molar-refractivity contribution in [2.45, 2.75) is 117 Å². The summed E-state index contributed by atoms with van der Waals surface area (Å²) < 4.78 is 43.4. The maximum atomic E-state index is 14.7. The first kappa shape index (κ1) is 34.5. The maximum absolute atomic E-state index is 14.7. The van der Waals surface area contributed by atoms with Gasteiger partial charge in [-0.3, -0.25) is 14.4 Å². The molecule has 4 fully saturated rings. The van der Waals surface area contributed by atoms with E-state index in [9.17, 15) is 24.0 Å². The van der Waals surface area contributed by atoms with Gasteiger partial charge in [0.05, 0.1) is 28.9 Å². The van der Waals surface area contributed by atoms with E-state index in [1.54, 1.807) is 45.9 Å². The molecule has 0 N–H and O–H groups in total. The van der Waals surface area contributed by atoms with Gasteiger partial charge in [0.25, 0.3) is 0 Å². The van der Waals surface area contributed by atoms with Crippen molar-refractivity contribution >= 4 is 45.8 Å². The van der Waals surface area contributed by atoms with Crippen LogP contribution in [0.1, 0.15) is 98.3 Å². The van der Waals surface area contributed by atoms with Gasteiger partial charge >= 0.3 is 23.9 Å². The second-order valence-corrected chi connectivity index (χ2v) is 17.3. The number of fused-ring (bicyclic) bond motifs is 8. The van der Waals surface area contributed by atoms with Crippen molar-refractivity contribution in [1.29, 1.82) is 0 Å². The molecule has 276 valence electrons. The van der Waals surface area contributed by atoms with E-state index in [1.807, 2.05) is 34.6 Å². The zero-order valence-electron chi connectivity index (χ0n) is 31.2. The summed E-state index contributed by atoms with van der Waals surface area (Å²) in [5, 5.41) is 0.390. The fourth-order valence-corrected chi connectivity index (χ4v) is 9.63. The summed E-state index contributed by atoms with van der Waals surface area (Å²) in [6.45, 7) is 16.0. The highest BCUT2D eigenvalue weighted by Gasteiger charge is 2.78. The Labute approximate surface area is 300 Å². The van der Waals surface area contributed by atoms with Crippen LogP contribution in [0.5, 0.6) is 11.5 Å². The molecular weight excluding hydrogens is 672 g/mol. The second kappa shape index (κ2) is 10.1. The number of carbonyl (C=O) groups is 4. The number of hydrogen-bond acceptors (Lipinski definition) is 12. The van der Waals surface area contributed by atoms with Gasteiger partial charge in [0.15, 0.2) is 17.8 Å². The van der Waals surface area contributed by atoms with Crippen LogP contribution >= 0.6 is 0 Å². The third-order valence-electron chi connectivity index (χ3n) is 14.2. The molecule has 4 bridgehead atoms. The molecule has 4 heterocycles. The Balaban J connectivity index is 1.33. The van der Waals surface area contributed by atoms with Gasteiger partial charge in [-0.05, 0) is 72.4 Å². The van der Waals surface area contributed by atoms with Crippen LogP contribution in [0.15, 0.2) is 33.5 Å². The van der Waals surface area contributed by atoms with Crippen LogP contribution in [-0.2, 0) is 38.1 Å². The lowest BCUT2D eigenvalue weighted by Gasteiger charge is -2.46. The van der Waals surface area contributed by atoms with Crippen LogP contribution < -0.4 is 14.9 Å². The third kappa shape index (κ3) is 3.80. The molecule has 2 saturated carbocycles. The molecule has 6 atom stereocenters. The minimum absolute atomic E-state index is 0.0146. The highest BCUT2D eigenvalue weighted by atomic mass is 16.7. The Hall–Kier alpha value is -4.61. The van der Waals surface area contributed by atoms with Crippen LogP contribution in [0.25, 0.3) is 21.9 Å². The Morgan fingerprint density at radius 3 is 1.81 bits per heavy atom. The van der Waals surface area contributed by atoms with E-state index in [4.69, 9.17) is 32.8 Å². The molecular formula is C40H44O12.